The number of methoxy groups -OCH3 is 1. The Bertz CT molecular complexity index is 428. The molecule has 19 heavy (non-hydrogen) atoms. The normalized spacial score (nSPS) is 13.5. The van der Waals surface area contributed by atoms with E-state index in [9.17, 15) is 9.90 Å². The molecule has 1 N–H and O–H groups in total. The van der Waals surface area contributed by atoms with Crippen LogP contribution in [0.15, 0.2) is 18.2 Å². The molecule has 0 saturated heterocycles. The molecule has 0 aliphatic carbocycles. The van der Waals surface area contributed by atoms with Crippen molar-refractivity contribution in [1.29, 1.82) is 0 Å². The Balaban J connectivity index is 2.94. The average Bonchev–Trinajstić information content (AvgIpc) is 2.38. The zero-order chi connectivity index (χ0) is 14.4. The molecule has 0 aliphatic rings. The van der Waals surface area contributed by atoms with Crippen LogP contribution in [0.4, 0.5) is 0 Å². The molecule has 0 aliphatic heterocycles. The van der Waals surface area contributed by atoms with Crippen LogP contribution in [-0.4, -0.2) is 30.9 Å². The molecular weight excluding hydrogens is 248 g/mol. The van der Waals surface area contributed by atoms with E-state index >= 15 is 0 Å². The van der Waals surface area contributed by atoms with E-state index in [0.29, 0.717) is 23.7 Å². The molecule has 1 rings (SSSR count). The van der Waals surface area contributed by atoms with E-state index in [2.05, 4.69) is 0 Å². The summed E-state index contributed by atoms with van der Waals surface area (Å²) in [6.45, 7) is 5.26. The van der Waals surface area contributed by atoms with Crippen molar-refractivity contribution >= 4 is 5.97 Å². The molecule has 2 unspecified atom stereocenters. The van der Waals surface area contributed by atoms with Crippen molar-refractivity contribution in [2.75, 3.05) is 13.7 Å². The highest BCUT2D eigenvalue weighted by molar-refractivity contribution is 5.74. The number of carbonyl (C=O) groups is 1. The van der Waals surface area contributed by atoms with Crippen LogP contribution in [-0.2, 0) is 9.53 Å². The second-order valence-electron chi connectivity index (χ2n) is 4.09. The second-order valence-corrected chi connectivity index (χ2v) is 4.09. The molecule has 0 saturated carbocycles. The standard InChI is InChI=1S/C14H20O5/c1-5-18-14(16)10(3)19-13-8-11(17-4)6-7-12(13)9(2)15/h6-10,15H,5H2,1-4H3. The van der Waals surface area contributed by atoms with Crippen molar-refractivity contribution in [3.8, 4) is 11.5 Å². The van der Waals surface area contributed by atoms with Gasteiger partial charge in [-0.15, -0.1) is 0 Å². The van der Waals surface area contributed by atoms with Crippen LogP contribution in [0.3, 0.4) is 0 Å². The van der Waals surface area contributed by atoms with Crippen molar-refractivity contribution in [3.05, 3.63) is 23.8 Å². The fraction of sp³-hybridized carbons (Fsp3) is 0.500. The summed E-state index contributed by atoms with van der Waals surface area (Å²) in [5, 5.41) is 9.69. The van der Waals surface area contributed by atoms with Crippen LogP contribution < -0.4 is 9.47 Å². The Kier molecular flexibility index (Phi) is 5.63. The molecule has 2 atom stereocenters. The zero-order valence-electron chi connectivity index (χ0n) is 11.7. The molecule has 0 fully saturated rings. The van der Waals surface area contributed by atoms with Gasteiger partial charge < -0.3 is 19.3 Å². The number of hydrogen-bond donors (Lipinski definition) is 1. The van der Waals surface area contributed by atoms with E-state index < -0.39 is 18.2 Å². The number of hydrogen-bond acceptors (Lipinski definition) is 5. The monoisotopic (exact) mass is 268 g/mol. The number of ether oxygens (including phenoxy) is 3. The molecule has 0 heterocycles. The Morgan fingerprint density at radius 3 is 2.58 bits per heavy atom. The summed E-state index contributed by atoms with van der Waals surface area (Å²) in [4.78, 5) is 11.5. The maximum atomic E-state index is 11.5. The summed E-state index contributed by atoms with van der Waals surface area (Å²) in [5.74, 6) is 0.562. The highest BCUT2D eigenvalue weighted by atomic mass is 16.6. The first kappa shape index (κ1) is 15.3. The molecule has 1 aromatic carbocycles. The molecular formula is C14H20O5. The van der Waals surface area contributed by atoms with E-state index in [1.165, 1.54) is 7.11 Å². The third kappa shape index (κ3) is 4.13. The lowest BCUT2D eigenvalue weighted by molar-refractivity contribution is -0.150. The van der Waals surface area contributed by atoms with Crippen LogP contribution >= 0.6 is 0 Å². The number of rotatable bonds is 6. The van der Waals surface area contributed by atoms with Gasteiger partial charge in [-0.2, -0.15) is 0 Å². The Hall–Kier alpha value is -1.75. The van der Waals surface area contributed by atoms with Gasteiger partial charge in [0.25, 0.3) is 0 Å². The Labute approximate surface area is 113 Å². The fourth-order valence-electron chi connectivity index (χ4n) is 1.59. The van der Waals surface area contributed by atoms with Gasteiger partial charge in [-0.05, 0) is 32.9 Å². The molecule has 0 radical (unpaired) electrons. The lowest BCUT2D eigenvalue weighted by atomic mass is 10.1. The number of aliphatic hydroxyl groups excluding tert-OH is 1. The SMILES string of the molecule is CCOC(=O)C(C)Oc1cc(OC)ccc1C(C)O. The summed E-state index contributed by atoms with van der Waals surface area (Å²) in [6.07, 6.45) is -1.44. The van der Waals surface area contributed by atoms with Gasteiger partial charge in [-0.3, -0.25) is 0 Å². The van der Waals surface area contributed by atoms with Crippen LogP contribution in [0.1, 0.15) is 32.4 Å². The minimum absolute atomic E-state index is 0.300. The number of aliphatic hydroxyl groups is 1. The predicted molar refractivity (Wildman–Crippen MR) is 70.4 cm³/mol. The number of benzene rings is 1. The van der Waals surface area contributed by atoms with Gasteiger partial charge in [0.1, 0.15) is 11.5 Å². The smallest absolute Gasteiger partial charge is 0.347 e. The molecule has 5 heteroatoms. The van der Waals surface area contributed by atoms with E-state index in [0.717, 1.165) is 0 Å². The van der Waals surface area contributed by atoms with Gasteiger partial charge in [0.15, 0.2) is 6.10 Å². The fourth-order valence-corrected chi connectivity index (χ4v) is 1.59. The minimum atomic E-state index is -0.746. The van der Waals surface area contributed by atoms with Gasteiger partial charge in [0.2, 0.25) is 0 Å². The number of carbonyl (C=O) groups excluding carboxylic acids is 1. The first-order valence-electron chi connectivity index (χ1n) is 6.18. The third-order valence-electron chi connectivity index (χ3n) is 2.59. The number of esters is 1. The largest absolute Gasteiger partial charge is 0.497 e. The first-order valence-corrected chi connectivity index (χ1v) is 6.18. The first-order chi connectivity index (χ1) is 8.99. The highest BCUT2D eigenvalue weighted by Gasteiger charge is 2.19. The lowest BCUT2D eigenvalue weighted by Gasteiger charge is -2.18. The Morgan fingerprint density at radius 1 is 1.37 bits per heavy atom. The Morgan fingerprint density at radius 2 is 2.05 bits per heavy atom. The second kappa shape index (κ2) is 6.99. The minimum Gasteiger partial charge on any atom is -0.497 e. The van der Waals surface area contributed by atoms with Gasteiger partial charge in [0, 0.05) is 11.6 Å². The van der Waals surface area contributed by atoms with E-state index in [-0.39, 0.29) is 0 Å². The van der Waals surface area contributed by atoms with Gasteiger partial charge in [-0.1, -0.05) is 0 Å². The summed E-state index contributed by atoms with van der Waals surface area (Å²) >= 11 is 0. The molecule has 0 aromatic heterocycles. The van der Waals surface area contributed by atoms with Crippen molar-refractivity contribution in [2.24, 2.45) is 0 Å². The molecule has 106 valence electrons. The summed E-state index contributed by atoms with van der Waals surface area (Å²) in [7, 11) is 1.54. The topological polar surface area (TPSA) is 65.0 Å². The zero-order valence-corrected chi connectivity index (χ0v) is 11.7. The molecule has 5 nitrogen and oxygen atoms in total. The third-order valence-corrected chi connectivity index (χ3v) is 2.59. The predicted octanol–water partition coefficient (Wildman–Crippen LogP) is 2.08. The summed E-state index contributed by atoms with van der Waals surface area (Å²) in [5.41, 5.74) is 0.594. The maximum Gasteiger partial charge on any atom is 0.347 e. The van der Waals surface area contributed by atoms with Gasteiger partial charge in [-0.25, -0.2) is 4.79 Å². The van der Waals surface area contributed by atoms with Gasteiger partial charge >= 0.3 is 5.97 Å². The van der Waals surface area contributed by atoms with Crippen LogP contribution in [0, 0.1) is 0 Å². The van der Waals surface area contributed by atoms with E-state index in [4.69, 9.17) is 14.2 Å². The van der Waals surface area contributed by atoms with E-state index in [1.54, 1.807) is 39.0 Å². The summed E-state index contributed by atoms with van der Waals surface area (Å²) in [6, 6.07) is 5.07. The van der Waals surface area contributed by atoms with E-state index in [1.807, 2.05) is 0 Å². The van der Waals surface area contributed by atoms with Crippen LogP contribution in [0.5, 0.6) is 11.5 Å². The van der Waals surface area contributed by atoms with Crippen LogP contribution in [0.25, 0.3) is 0 Å². The molecule has 0 spiro atoms. The van der Waals surface area contributed by atoms with Crippen molar-refractivity contribution in [3.63, 3.8) is 0 Å². The van der Waals surface area contributed by atoms with Crippen molar-refractivity contribution < 1.29 is 24.1 Å². The lowest BCUT2D eigenvalue weighted by Crippen LogP contribution is -2.26. The highest BCUT2D eigenvalue weighted by Crippen LogP contribution is 2.30. The molecule has 0 bridgehead atoms. The van der Waals surface area contributed by atoms with Gasteiger partial charge in [0.05, 0.1) is 19.8 Å². The van der Waals surface area contributed by atoms with Crippen molar-refractivity contribution in [2.45, 2.75) is 33.0 Å². The maximum absolute atomic E-state index is 11.5. The van der Waals surface area contributed by atoms with Crippen LogP contribution in [0.2, 0.25) is 0 Å². The quantitative estimate of drug-likeness (QED) is 0.800. The average molecular weight is 268 g/mol. The molecule has 0 amide bonds. The summed E-state index contributed by atoms with van der Waals surface area (Å²) < 4.78 is 15.5. The van der Waals surface area contributed by atoms with Crippen molar-refractivity contribution in [1.82, 2.24) is 0 Å². The molecule has 1 aromatic rings.